The first kappa shape index (κ1) is 10.7. The minimum absolute atomic E-state index is 0.193. The summed E-state index contributed by atoms with van der Waals surface area (Å²) in [5.74, 6) is 0. The number of aromatic nitrogens is 1. The Morgan fingerprint density at radius 2 is 2.12 bits per heavy atom. The van der Waals surface area contributed by atoms with E-state index in [1.54, 1.807) is 6.20 Å². The topological polar surface area (TPSA) is 48.7 Å². The molecule has 1 heterocycles. The smallest absolute Gasteiger partial charge is 0.184 e. The number of nitrogens with zero attached hydrogens (tertiary/aromatic N) is 2. The monoisotopic (exact) mass is 229 g/mol. The molecule has 1 N–H and O–H groups in total. The van der Waals surface area contributed by atoms with Crippen LogP contribution in [0.4, 0.5) is 5.13 Å². The number of rotatable bonds is 3. The normalized spacial score (nSPS) is 11.8. The van der Waals surface area contributed by atoms with Gasteiger partial charge in [0.05, 0.1) is 12.2 Å². The first-order valence-corrected chi connectivity index (χ1v) is 5.78. The Kier molecular flexibility index (Phi) is 3.18. The molecule has 0 fully saturated rings. The van der Waals surface area contributed by atoms with Gasteiger partial charge in [0.15, 0.2) is 5.13 Å². The second-order valence-corrected chi connectivity index (χ2v) is 4.45. The van der Waals surface area contributed by atoms with Crippen LogP contribution in [0.15, 0.2) is 36.5 Å². The fourth-order valence-corrected chi connectivity index (χ4v) is 2.10. The van der Waals surface area contributed by atoms with Gasteiger partial charge in [-0.3, -0.25) is 0 Å². The van der Waals surface area contributed by atoms with Gasteiger partial charge in [0, 0.05) is 0 Å². The molecule has 0 bridgehead atoms. The van der Waals surface area contributed by atoms with Gasteiger partial charge in [-0.2, -0.15) is 5.26 Å². The third-order valence-electron chi connectivity index (χ3n) is 2.26. The lowest BCUT2D eigenvalue weighted by Gasteiger charge is -2.12. The number of nitrogens with one attached hydrogen (secondary N) is 1. The number of nitriles is 1. The minimum atomic E-state index is 0.193. The average Bonchev–Trinajstić information content (AvgIpc) is 2.78. The minimum Gasteiger partial charge on any atom is -0.355 e. The van der Waals surface area contributed by atoms with Gasteiger partial charge in [0.25, 0.3) is 0 Å². The van der Waals surface area contributed by atoms with Gasteiger partial charge in [-0.05, 0) is 12.5 Å². The molecule has 1 unspecified atom stereocenters. The van der Waals surface area contributed by atoms with Gasteiger partial charge in [-0.15, -0.1) is 0 Å². The summed E-state index contributed by atoms with van der Waals surface area (Å²) >= 11 is 1.37. The van der Waals surface area contributed by atoms with Gasteiger partial charge in [0.2, 0.25) is 0 Å². The Labute approximate surface area is 98.4 Å². The molecule has 1 aromatic carbocycles. The Hall–Kier alpha value is -1.86. The summed E-state index contributed by atoms with van der Waals surface area (Å²) in [5.41, 5.74) is 1.20. The second-order valence-electron chi connectivity index (χ2n) is 3.42. The van der Waals surface area contributed by atoms with E-state index in [0.29, 0.717) is 4.88 Å². The molecule has 0 aliphatic heterocycles. The van der Waals surface area contributed by atoms with E-state index in [1.807, 2.05) is 18.2 Å². The van der Waals surface area contributed by atoms with Crippen LogP contribution in [0.1, 0.15) is 23.4 Å². The molecule has 0 amide bonds. The molecule has 0 radical (unpaired) electrons. The molecular weight excluding hydrogens is 218 g/mol. The summed E-state index contributed by atoms with van der Waals surface area (Å²) in [4.78, 5) is 4.76. The van der Waals surface area contributed by atoms with Gasteiger partial charge in [0.1, 0.15) is 10.9 Å². The lowest BCUT2D eigenvalue weighted by atomic mass is 10.1. The van der Waals surface area contributed by atoms with Gasteiger partial charge in [-0.1, -0.05) is 41.7 Å². The molecular formula is C12H11N3S. The van der Waals surface area contributed by atoms with Gasteiger partial charge < -0.3 is 5.32 Å². The van der Waals surface area contributed by atoms with E-state index >= 15 is 0 Å². The van der Waals surface area contributed by atoms with Crippen molar-refractivity contribution in [2.75, 3.05) is 5.32 Å². The van der Waals surface area contributed by atoms with Gasteiger partial charge in [-0.25, -0.2) is 4.98 Å². The van der Waals surface area contributed by atoms with Crippen LogP contribution in [0.25, 0.3) is 0 Å². The van der Waals surface area contributed by atoms with Crippen molar-refractivity contribution in [2.24, 2.45) is 0 Å². The maximum atomic E-state index is 8.69. The Bertz CT molecular complexity index is 498. The third kappa shape index (κ3) is 2.38. The Morgan fingerprint density at radius 1 is 1.38 bits per heavy atom. The van der Waals surface area contributed by atoms with Crippen LogP contribution >= 0.6 is 11.3 Å². The molecule has 2 aromatic rings. The van der Waals surface area contributed by atoms with Crippen molar-refractivity contribution in [3.63, 3.8) is 0 Å². The van der Waals surface area contributed by atoms with Crippen LogP contribution in [-0.4, -0.2) is 4.98 Å². The highest BCUT2D eigenvalue weighted by Crippen LogP contribution is 2.22. The zero-order chi connectivity index (χ0) is 11.4. The summed E-state index contributed by atoms with van der Waals surface area (Å²) < 4.78 is 0. The van der Waals surface area contributed by atoms with E-state index in [2.05, 4.69) is 35.4 Å². The maximum absolute atomic E-state index is 8.69. The highest BCUT2D eigenvalue weighted by molar-refractivity contribution is 7.16. The van der Waals surface area contributed by atoms with E-state index in [1.165, 1.54) is 16.9 Å². The zero-order valence-corrected chi connectivity index (χ0v) is 9.66. The lowest BCUT2D eigenvalue weighted by Crippen LogP contribution is -2.05. The molecule has 16 heavy (non-hydrogen) atoms. The van der Waals surface area contributed by atoms with E-state index < -0.39 is 0 Å². The van der Waals surface area contributed by atoms with E-state index in [-0.39, 0.29) is 6.04 Å². The first-order chi connectivity index (χ1) is 7.79. The van der Waals surface area contributed by atoms with Crippen LogP contribution in [0.3, 0.4) is 0 Å². The largest absolute Gasteiger partial charge is 0.355 e. The van der Waals surface area contributed by atoms with Crippen molar-refractivity contribution in [2.45, 2.75) is 13.0 Å². The van der Waals surface area contributed by atoms with Crippen LogP contribution in [0, 0.1) is 11.3 Å². The SMILES string of the molecule is CC(Nc1ncc(C#N)s1)c1ccccc1. The van der Waals surface area contributed by atoms with Crippen molar-refractivity contribution in [1.29, 1.82) is 5.26 Å². The summed E-state index contributed by atoms with van der Waals surface area (Å²) in [7, 11) is 0. The highest BCUT2D eigenvalue weighted by Gasteiger charge is 2.07. The number of hydrogen-bond donors (Lipinski definition) is 1. The van der Waals surface area contributed by atoms with Crippen LogP contribution in [0.5, 0.6) is 0 Å². The molecule has 0 aliphatic carbocycles. The maximum Gasteiger partial charge on any atom is 0.184 e. The quantitative estimate of drug-likeness (QED) is 0.879. The highest BCUT2D eigenvalue weighted by atomic mass is 32.1. The Morgan fingerprint density at radius 3 is 2.75 bits per heavy atom. The zero-order valence-electron chi connectivity index (χ0n) is 8.84. The lowest BCUT2D eigenvalue weighted by molar-refractivity contribution is 0.882. The molecule has 2 rings (SSSR count). The Balaban J connectivity index is 2.08. The van der Waals surface area contributed by atoms with Crippen molar-refractivity contribution in [3.05, 3.63) is 47.0 Å². The number of anilines is 1. The molecule has 1 aromatic heterocycles. The van der Waals surface area contributed by atoms with Gasteiger partial charge >= 0.3 is 0 Å². The second kappa shape index (κ2) is 4.77. The van der Waals surface area contributed by atoms with Crippen LogP contribution in [0.2, 0.25) is 0 Å². The molecule has 4 heteroatoms. The number of hydrogen-bond acceptors (Lipinski definition) is 4. The standard InChI is InChI=1S/C12H11N3S/c1-9(10-5-3-2-4-6-10)15-12-14-8-11(7-13)16-12/h2-6,8-9H,1H3,(H,14,15). The fourth-order valence-electron chi connectivity index (χ4n) is 1.40. The van der Waals surface area contributed by atoms with E-state index in [9.17, 15) is 0 Å². The summed E-state index contributed by atoms with van der Waals surface area (Å²) in [6.45, 7) is 2.07. The van der Waals surface area contributed by atoms with E-state index in [4.69, 9.17) is 5.26 Å². The summed E-state index contributed by atoms with van der Waals surface area (Å²) in [6.07, 6.45) is 1.59. The molecule has 80 valence electrons. The average molecular weight is 229 g/mol. The van der Waals surface area contributed by atoms with Crippen LogP contribution < -0.4 is 5.32 Å². The van der Waals surface area contributed by atoms with Crippen molar-refractivity contribution >= 4 is 16.5 Å². The predicted octanol–water partition coefficient (Wildman–Crippen LogP) is 3.19. The summed E-state index contributed by atoms with van der Waals surface area (Å²) in [6, 6.07) is 12.4. The van der Waals surface area contributed by atoms with Crippen LogP contribution in [-0.2, 0) is 0 Å². The number of thiazole rings is 1. The molecule has 0 saturated carbocycles. The molecule has 0 aliphatic rings. The van der Waals surface area contributed by atoms with Crippen molar-refractivity contribution in [3.8, 4) is 6.07 Å². The van der Waals surface area contributed by atoms with E-state index in [0.717, 1.165) is 5.13 Å². The van der Waals surface area contributed by atoms with Crippen molar-refractivity contribution in [1.82, 2.24) is 4.98 Å². The third-order valence-corrected chi connectivity index (χ3v) is 3.09. The number of benzene rings is 1. The molecule has 0 saturated heterocycles. The fraction of sp³-hybridized carbons (Fsp3) is 0.167. The predicted molar refractivity (Wildman–Crippen MR) is 65.3 cm³/mol. The molecule has 3 nitrogen and oxygen atoms in total. The first-order valence-electron chi connectivity index (χ1n) is 4.97. The molecule has 0 spiro atoms. The van der Waals surface area contributed by atoms with Crippen molar-refractivity contribution < 1.29 is 0 Å². The molecule has 1 atom stereocenters. The summed E-state index contributed by atoms with van der Waals surface area (Å²) in [5, 5.41) is 12.7.